The lowest BCUT2D eigenvalue weighted by Crippen LogP contribution is -1.99. The second-order valence-electron chi connectivity index (χ2n) is 3.81. The first kappa shape index (κ1) is 14.3. The van der Waals surface area contributed by atoms with Gasteiger partial charge in [0.2, 0.25) is 0 Å². The van der Waals surface area contributed by atoms with Crippen molar-refractivity contribution in [3.8, 4) is 11.5 Å². The van der Waals surface area contributed by atoms with Crippen molar-refractivity contribution in [2.24, 2.45) is 0 Å². The van der Waals surface area contributed by atoms with Crippen LogP contribution in [-0.4, -0.2) is 7.11 Å². The van der Waals surface area contributed by atoms with E-state index in [1.54, 1.807) is 19.2 Å². The largest absolute Gasteiger partial charge is 0.493 e. The Hall–Kier alpha value is -1.07. The van der Waals surface area contributed by atoms with Crippen molar-refractivity contribution in [3.63, 3.8) is 0 Å². The quantitative estimate of drug-likeness (QED) is 0.737. The second-order valence-corrected chi connectivity index (χ2v) is 5.52. The predicted molar refractivity (Wildman–Crippen MR) is 79.1 cm³/mol. The molecule has 0 unspecified atom stereocenters. The molecule has 5 heteroatoms. The molecule has 0 saturated heterocycles. The van der Waals surface area contributed by atoms with Crippen molar-refractivity contribution in [2.45, 2.75) is 6.61 Å². The Labute approximate surface area is 127 Å². The summed E-state index contributed by atoms with van der Waals surface area (Å²) in [5.41, 5.74) is 0.867. The van der Waals surface area contributed by atoms with Gasteiger partial charge in [0.15, 0.2) is 11.5 Å². The van der Waals surface area contributed by atoms with Gasteiger partial charge in [0.05, 0.1) is 16.1 Å². The minimum Gasteiger partial charge on any atom is -0.493 e. The lowest BCUT2D eigenvalue weighted by Gasteiger charge is -2.12. The van der Waals surface area contributed by atoms with Gasteiger partial charge in [-0.15, -0.1) is 0 Å². The monoisotopic (exact) mass is 388 g/mol. The first-order valence-electron chi connectivity index (χ1n) is 5.51. The zero-order chi connectivity index (χ0) is 13.8. The van der Waals surface area contributed by atoms with Crippen LogP contribution in [0.5, 0.6) is 11.5 Å². The van der Waals surface area contributed by atoms with Crippen molar-refractivity contribution in [1.82, 2.24) is 0 Å². The van der Waals surface area contributed by atoms with E-state index in [9.17, 15) is 4.39 Å². The Morgan fingerprint density at radius 1 is 1.11 bits per heavy atom. The summed E-state index contributed by atoms with van der Waals surface area (Å²) in [5, 5.41) is 0. The first-order chi connectivity index (χ1) is 9.11. The SMILES string of the molecule is COc1cccc(Br)c1OCc1ccc(F)c(Br)c1. The number of ether oxygens (including phenoxy) is 2. The van der Waals surface area contributed by atoms with Crippen molar-refractivity contribution in [1.29, 1.82) is 0 Å². The molecule has 19 heavy (non-hydrogen) atoms. The van der Waals surface area contributed by atoms with Crippen LogP contribution in [0.2, 0.25) is 0 Å². The number of hydrogen-bond donors (Lipinski definition) is 0. The molecular weight excluding hydrogens is 379 g/mol. The summed E-state index contributed by atoms with van der Waals surface area (Å²) in [6.45, 7) is 0.331. The predicted octanol–water partition coefficient (Wildman–Crippen LogP) is 4.94. The van der Waals surface area contributed by atoms with Gasteiger partial charge in [-0.2, -0.15) is 0 Å². The molecule has 0 fully saturated rings. The fourth-order valence-corrected chi connectivity index (χ4v) is 2.46. The van der Waals surface area contributed by atoms with Crippen LogP contribution in [0, 0.1) is 5.82 Å². The molecule has 2 rings (SSSR count). The standard InChI is InChI=1S/C14H11Br2FO2/c1-18-13-4-2-3-10(15)14(13)19-8-9-5-6-12(17)11(16)7-9/h2-7H,8H2,1H3. The van der Waals surface area contributed by atoms with Crippen LogP contribution in [0.1, 0.15) is 5.56 Å². The lowest BCUT2D eigenvalue weighted by atomic mass is 10.2. The van der Waals surface area contributed by atoms with Crippen molar-refractivity contribution >= 4 is 31.9 Å². The van der Waals surface area contributed by atoms with E-state index in [4.69, 9.17) is 9.47 Å². The highest BCUT2D eigenvalue weighted by molar-refractivity contribution is 9.10. The third-order valence-corrected chi connectivity index (χ3v) is 3.75. The molecule has 2 aromatic rings. The van der Waals surface area contributed by atoms with Crippen molar-refractivity contribution in [2.75, 3.05) is 7.11 Å². The molecule has 100 valence electrons. The minimum atomic E-state index is -0.290. The zero-order valence-corrected chi connectivity index (χ0v) is 13.3. The molecule has 0 aliphatic rings. The Balaban J connectivity index is 2.16. The molecule has 0 saturated carbocycles. The van der Waals surface area contributed by atoms with E-state index in [0.29, 0.717) is 22.6 Å². The number of halogens is 3. The summed E-state index contributed by atoms with van der Waals surface area (Å²) >= 11 is 6.56. The third kappa shape index (κ3) is 3.48. The molecule has 0 aliphatic heterocycles. The summed E-state index contributed by atoms with van der Waals surface area (Å²) in [5.74, 6) is 0.989. The topological polar surface area (TPSA) is 18.5 Å². The molecule has 0 amide bonds. The molecular formula is C14H11Br2FO2. The third-order valence-electron chi connectivity index (χ3n) is 2.52. The van der Waals surface area contributed by atoms with Crippen molar-refractivity contribution < 1.29 is 13.9 Å². The Kier molecular flexibility index (Phi) is 4.82. The normalized spacial score (nSPS) is 10.3. The molecule has 0 N–H and O–H groups in total. The van der Waals surface area contributed by atoms with Crippen LogP contribution in [0.4, 0.5) is 4.39 Å². The average Bonchev–Trinajstić information content (AvgIpc) is 2.41. The van der Waals surface area contributed by atoms with Gasteiger partial charge in [0.1, 0.15) is 12.4 Å². The van der Waals surface area contributed by atoms with Gasteiger partial charge < -0.3 is 9.47 Å². The fraction of sp³-hybridized carbons (Fsp3) is 0.143. The van der Waals surface area contributed by atoms with E-state index in [1.807, 2.05) is 18.2 Å². The van der Waals surface area contributed by atoms with Crippen LogP contribution in [0.25, 0.3) is 0 Å². The summed E-state index contributed by atoms with van der Waals surface area (Å²) in [7, 11) is 1.59. The maximum Gasteiger partial charge on any atom is 0.175 e. The number of hydrogen-bond acceptors (Lipinski definition) is 2. The van der Waals surface area contributed by atoms with E-state index in [2.05, 4.69) is 31.9 Å². The van der Waals surface area contributed by atoms with Gasteiger partial charge in [-0.1, -0.05) is 12.1 Å². The van der Waals surface area contributed by atoms with Crippen LogP contribution in [-0.2, 0) is 6.61 Å². The second kappa shape index (κ2) is 6.39. The maximum atomic E-state index is 13.1. The van der Waals surface area contributed by atoms with Crippen LogP contribution in [0.15, 0.2) is 45.3 Å². The zero-order valence-electron chi connectivity index (χ0n) is 10.1. The number of rotatable bonds is 4. The first-order valence-corrected chi connectivity index (χ1v) is 7.09. The van der Waals surface area contributed by atoms with E-state index < -0.39 is 0 Å². The molecule has 0 atom stereocenters. The molecule has 0 radical (unpaired) electrons. The van der Waals surface area contributed by atoms with E-state index in [1.165, 1.54) is 6.07 Å². The van der Waals surface area contributed by atoms with Gasteiger partial charge in [-0.3, -0.25) is 0 Å². The maximum absolute atomic E-state index is 13.1. The van der Waals surface area contributed by atoms with Gasteiger partial charge in [0.25, 0.3) is 0 Å². The summed E-state index contributed by atoms with van der Waals surface area (Å²) in [6.07, 6.45) is 0. The number of para-hydroxylation sites is 1. The number of benzene rings is 2. The van der Waals surface area contributed by atoms with Crippen molar-refractivity contribution in [3.05, 3.63) is 56.7 Å². The van der Waals surface area contributed by atoms with E-state index in [0.717, 1.165) is 10.0 Å². The molecule has 0 heterocycles. The average molecular weight is 390 g/mol. The summed E-state index contributed by atoms with van der Waals surface area (Å²) in [6, 6.07) is 10.3. The van der Waals surface area contributed by atoms with Gasteiger partial charge >= 0.3 is 0 Å². The molecule has 0 spiro atoms. The molecule has 2 aromatic carbocycles. The Morgan fingerprint density at radius 2 is 1.89 bits per heavy atom. The van der Waals surface area contributed by atoms with E-state index >= 15 is 0 Å². The van der Waals surface area contributed by atoms with Gasteiger partial charge in [0, 0.05) is 0 Å². The highest BCUT2D eigenvalue weighted by atomic mass is 79.9. The molecule has 0 aromatic heterocycles. The summed E-state index contributed by atoms with van der Waals surface area (Å²) in [4.78, 5) is 0. The van der Waals surface area contributed by atoms with Gasteiger partial charge in [-0.05, 0) is 61.7 Å². The fourth-order valence-electron chi connectivity index (χ4n) is 1.57. The molecule has 0 bridgehead atoms. The highest BCUT2D eigenvalue weighted by Gasteiger charge is 2.09. The van der Waals surface area contributed by atoms with E-state index in [-0.39, 0.29) is 5.82 Å². The van der Waals surface area contributed by atoms with Crippen LogP contribution in [0.3, 0.4) is 0 Å². The highest BCUT2D eigenvalue weighted by Crippen LogP contribution is 2.35. The Morgan fingerprint density at radius 3 is 2.58 bits per heavy atom. The van der Waals surface area contributed by atoms with Crippen LogP contribution >= 0.6 is 31.9 Å². The lowest BCUT2D eigenvalue weighted by molar-refractivity contribution is 0.282. The van der Waals surface area contributed by atoms with Crippen LogP contribution < -0.4 is 9.47 Å². The minimum absolute atomic E-state index is 0.290. The van der Waals surface area contributed by atoms with Gasteiger partial charge in [-0.25, -0.2) is 4.39 Å². The number of methoxy groups -OCH3 is 1. The molecule has 2 nitrogen and oxygen atoms in total. The molecule has 0 aliphatic carbocycles. The Bertz CT molecular complexity index is 588. The summed E-state index contributed by atoms with van der Waals surface area (Å²) < 4.78 is 25.3. The smallest absolute Gasteiger partial charge is 0.175 e.